The zero-order chi connectivity index (χ0) is 52.8. The number of rotatable bonds is 20. The van der Waals surface area contributed by atoms with E-state index in [9.17, 15) is 57.1 Å². The Morgan fingerprint density at radius 3 is 2.08 bits per heavy atom. The van der Waals surface area contributed by atoms with E-state index in [0.717, 1.165) is 24.2 Å². The highest BCUT2D eigenvalue weighted by molar-refractivity contribution is 7.95. The maximum Gasteiger partial charge on any atom is 0.295 e. The lowest BCUT2D eigenvalue weighted by Gasteiger charge is -2.27. The second-order valence-corrected chi connectivity index (χ2v) is 25.0. The van der Waals surface area contributed by atoms with E-state index >= 15 is 0 Å². The van der Waals surface area contributed by atoms with Crippen molar-refractivity contribution < 1.29 is 85.7 Å². The Bertz CT molecular complexity index is 3590. The number of benzene rings is 4. The van der Waals surface area contributed by atoms with E-state index in [2.05, 4.69) is 18.7 Å². The molecule has 3 heterocycles. The molecule has 0 bridgehead atoms. The number of hydrogen-bond acceptors (Lipinski definition) is 18. The Balaban J connectivity index is 1.45. The second-order valence-electron chi connectivity index (χ2n) is 17.7. The molecule has 2 aliphatic heterocycles. The molecule has 0 aliphatic carbocycles. The maximum absolute atomic E-state index is 12.7. The minimum Gasteiger partial charge on any atom is -0.691 e. The number of nitrogens with zero attached hydrogens (tertiary/aromatic N) is 3. The summed E-state index contributed by atoms with van der Waals surface area (Å²) < 4.78 is 151. The molecule has 386 valence electrons. The van der Waals surface area contributed by atoms with Crippen molar-refractivity contribution in [3.63, 3.8) is 0 Å². The van der Waals surface area contributed by atoms with Crippen LogP contribution >= 0.6 is 24.1 Å². The van der Waals surface area contributed by atoms with Crippen molar-refractivity contribution >= 4 is 109 Å². The quantitative estimate of drug-likeness (QED) is 0.00986. The highest BCUT2D eigenvalue weighted by Crippen LogP contribution is 2.52. The summed E-state index contributed by atoms with van der Waals surface area (Å²) in [5, 5.41) is 27.8. The fourth-order valence-electron chi connectivity index (χ4n) is 9.40. The minimum absolute atomic E-state index is 0.0188. The first-order valence-electron chi connectivity index (χ1n) is 21.4. The first kappa shape index (κ1) is 55.1. The molecule has 0 spiro atoms. The Morgan fingerprint density at radius 2 is 1.46 bits per heavy atom. The van der Waals surface area contributed by atoms with Crippen LogP contribution < -0.4 is 10.2 Å². The summed E-state index contributed by atoms with van der Waals surface area (Å²) in [5.74, 6) is -0.272. The van der Waals surface area contributed by atoms with Gasteiger partial charge in [0.05, 0.1) is 38.7 Å². The average molecular weight is 1110 g/mol. The van der Waals surface area contributed by atoms with Crippen LogP contribution in [0.3, 0.4) is 0 Å². The molecule has 0 saturated carbocycles. The third kappa shape index (κ3) is 11.5. The zero-order valence-corrected chi connectivity index (χ0v) is 43.6. The van der Waals surface area contributed by atoms with E-state index in [0.29, 0.717) is 98.5 Å². The predicted octanol–water partition coefficient (Wildman–Crippen LogP) is 7.10. The van der Waals surface area contributed by atoms with Gasteiger partial charge in [0, 0.05) is 86.8 Å². The molecule has 0 radical (unpaired) electrons. The summed E-state index contributed by atoms with van der Waals surface area (Å²) in [6.07, 6.45) is 7.53. The van der Waals surface area contributed by atoms with E-state index in [-0.39, 0.29) is 28.6 Å². The predicted molar refractivity (Wildman–Crippen MR) is 266 cm³/mol. The number of fused-ring (bicyclic) bond motifs is 6. The van der Waals surface area contributed by atoms with E-state index in [1.165, 1.54) is 12.1 Å². The average Bonchev–Trinajstić information content (AvgIpc) is 3.64. The maximum atomic E-state index is 12.7. The molecule has 5 N–H and O–H groups in total. The van der Waals surface area contributed by atoms with Gasteiger partial charge in [0.15, 0.2) is 5.71 Å². The standard InChI is InChI=1S/C45H47N3O18S6/c1-27-9-6-10-35(46-27)28(11-17-40-44(2,3)42-33-23-29(70(54,55)56)25-38(68-66-64-50)31(33)13-15-36(42)47(40)19-7-21-67-65-63-49)12-18-41-45(4,5)43-34-24-30(71(57,58)59)26-39(72(60,61)62)32(34)14-16-37(43)48(41)20-8-22-69(51,52)53/h6,9-18,23-26H,7-8,19-22H2,1-5H3,(H5-,49,50,51,52,53,54,55,56,57,58,59,60,61,62). The summed E-state index contributed by atoms with van der Waals surface area (Å²) in [5.41, 5.74) is 2.87. The van der Waals surface area contributed by atoms with E-state index in [4.69, 9.17) is 10.2 Å². The Morgan fingerprint density at radius 1 is 0.792 bits per heavy atom. The first-order chi connectivity index (χ1) is 33.6. The summed E-state index contributed by atoms with van der Waals surface area (Å²) >= 11 is 1.32. The molecule has 0 fully saturated rings. The van der Waals surface area contributed by atoms with Gasteiger partial charge in [0.2, 0.25) is 5.69 Å². The van der Waals surface area contributed by atoms with Crippen molar-refractivity contribution in [1.29, 1.82) is 0 Å². The molecular weight excluding hydrogens is 1060 g/mol. The lowest BCUT2D eigenvalue weighted by atomic mass is 9.79. The molecule has 0 saturated heterocycles. The fraction of sp³-hybridized carbons (Fsp3) is 0.289. The third-order valence-electron chi connectivity index (χ3n) is 12.3. The smallest absolute Gasteiger partial charge is 0.295 e. The number of anilines is 1. The second kappa shape index (κ2) is 20.9. The summed E-state index contributed by atoms with van der Waals surface area (Å²) in [6.45, 7) is 9.49. The molecule has 0 atom stereocenters. The molecule has 5 aromatic rings. The number of aryl methyl sites for hydroxylation is 1. The van der Waals surface area contributed by atoms with Crippen LogP contribution in [0.5, 0.6) is 0 Å². The molecule has 4 aromatic carbocycles. The number of pyridine rings is 1. The summed E-state index contributed by atoms with van der Waals surface area (Å²) in [7, 11) is -19.3. The monoisotopic (exact) mass is 1110 g/mol. The van der Waals surface area contributed by atoms with Crippen LogP contribution in [0.4, 0.5) is 11.4 Å². The fourth-order valence-corrected chi connectivity index (χ4v) is 12.7. The molecule has 0 unspecified atom stereocenters. The van der Waals surface area contributed by atoms with Crippen molar-refractivity contribution in [2.45, 2.75) is 77.9 Å². The topological polar surface area (TPSA) is 317 Å². The van der Waals surface area contributed by atoms with Crippen molar-refractivity contribution in [2.24, 2.45) is 0 Å². The van der Waals surface area contributed by atoms with Gasteiger partial charge in [0.1, 0.15) is 11.4 Å². The van der Waals surface area contributed by atoms with Crippen molar-refractivity contribution in [3.05, 3.63) is 119 Å². The molecule has 1 aromatic heterocycles. The van der Waals surface area contributed by atoms with Gasteiger partial charge in [-0.1, -0.05) is 37.1 Å². The van der Waals surface area contributed by atoms with E-state index in [1.807, 2.05) is 36.6 Å². The van der Waals surface area contributed by atoms with Gasteiger partial charge in [0.25, 0.3) is 40.5 Å². The summed E-state index contributed by atoms with van der Waals surface area (Å²) in [6, 6.07) is 16.0. The SMILES string of the molecule is Cc1cccc(C(=C\C=C2\N(CCCS(=O)(=O)O)c3ccc4c(S(=O)(=O)O)cc(S(=O)(=O)O)cc4c3C2(C)C)/C=C/C2=[N+](CCCSOOO)c3ccc4c(SOO[O-])cc(S(=O)(=O)O)cc4c3C2(C)C)n1. The number of aromatic nitrogens is 1. The van der Waals surface area contributed by atoms with Gasteiger partial charge in [-0.05, 0) is 110 Å². The molecule has 7 rings (SSSR count). The van der Waals surface area contributed by atoms with E-state index < -0.39 is 71.7 Å². The minimum atomic E-state index is -5.06. The highest BCUT2D eigenvalue weighted by atomic mass is 32.2. The molecule has 27 heteroatoms. The van der Waals surface area contributed by atoms with Gasteiger partial charge < -0.3 is 10.2 Å². The van der Waals surface area contributed by atoms with Crippen LogP contribution in [0, 0.1) is 6.92 Å². The van der Waals surface area contributed by atoms with E-state index in [1.54, 1.807) is 68.2 Å². The molecule has 0 amide bonds. The Kier molecular flexibility index (Phi) is 16.0. The highest BCUT2D eigenvalue weighted by Gasteiger charge is 2.46. The van der Waals surface area contributed by atoms with Crippen molar-refractivity contribution in [1.82, 2.24) is 4.98 Å². The Hall–Kier alpha value is -4.66. The summed E-state index contributed by atoms with van der Waals surface area (Å²) in [4.78, 5) is 4.66. The van der Waals surface area contributed by atoms with Crippen LogP contribution in [0.2, 0.25) is 0 Å². The largest absolute Gasteiger partial charge is 0.691 e. The lowest BCUT2D eigenvalue weighted by molar-refractivity contribution is -0.777. The lowest BCUT2D eigenvalue weighted by Crippen LogP contribution is -2.28. The van der Waals surface area contributed by atoms with Crippen LogP contribution in [-0.4, -0.2) is 97.0 Å². The van der Waals surface area contributed by atoms with Gasteiger partial charge in [-0.25, -0.2) is 5.26 Å². The third-order valence-corrected chi connectivity index (χ3v) is 16.9. The van der Waals surface area contributed by atoms with Crippen LogP contribution in [0.25, 0.3) is 27.1 Å². The first-order valence-corrected chi connectivity index (χ1v) is 29.0. The van der Waals surface area contributed by atoms with Crippen LogP contribution in [0.15, 0.2) is 116 Å². The Labute approximate surface area is 423 Å². The number of hydrogen-bond donors (Lipinski definition) is 5. The van der Waals surface area contributed by atoms with Crippen LogP contribution in [-0.2, 0) is 70.0 Å². The molecule has 21 nitrogen and oxygen atoms in total. The molecule has 2 aliphatic rings. The molecule has 72 heavy (non-hydrogen) atoms. The van der Waals surface area contributed by atoms with Crippen molar-refractivity contribution in [2.75, 3.05) is 29.5 Å². The van der Waals surface area contributed by atoms with Gasteiger partial charge in [-0.2, -0.15) is 42.6 Å². The number of allylic oxidation sites excluding steroid dienone is 6. The van der Waals surface area contributed by atoms with Crippen LogP contribution in [0.1, 0.15) is 63.1 Å². The van der Waals surface area contributed by atoms with Gasteiger partial charge in [-0.3, -0.25) is 28.2 Å². The zero-order valence-electron chi connectivity index (χ0n) is 38.7. The van der Waals surface area contributed by atoms with Crippen molar-refractivity contribution in [3.8, 4) is 0 Å². The molecular formula is C45H47N3O18S6. The van der Waals surface area contributed by atoms with Gasteiger partial charge in [-0.15, -0.1) is 4.33 Å². The van der Waals surface area contributed by atoms with Gasteiger partial charge >= 0.3 is 0 Å². The normalized spacial score (nSPS) is 16.7.